The third-order valence-electron chi connectivity index (χ3n) is 13.5. The van der Waals surface area contributed by atoms with Gasteiger partial charge in [-0.05, 0) is 117 Å². The zero-order valence-corrected chi connectivity index (χ0v) is 40.0. The van der Waals surface area contributed by atoms with Crippen molar-refractivity contribution >= 4 is 28.3 Å². The fraction of sp³-hybridized carbons (Fsp3) is 0.393. The monoisotopic (exact) mass is 955 g/mol. The zero-order chi connectivity index (χ0) is 49.4. The largest absolute Gasteiger partial charge is 0.489 e. The van der Waals surface area contributed by atoms with Gasteiger partial charge in [0.05, 0.1) is 29.7 Å². The minimum Gasteiger partial charge on any atom is -0.489 e. The number of nitro groups is 1. The summed E-state index contributed by atoms with van der Waals surface area (Å²) >= 11 is 0. The molecule has 1 amide bonds. The number of ether oxygens (including phenoxy) is 4. The number of hydrogen-bond donors (Lipinski definition) is 2. The van der Waals surface area contributed by atoms with Crippen LogP contribution in [-0.4, -0.2) is 69.1 Å². The fourth-order valence-corrected chi connectivity index (χ4v) is 10.4. The van der Waals surface area contributed by atoms with Crippen molar-refractivity contribution in [2.75, 3.05) is 19.8 Å². The number of amides is 1. The second-order valence-corrected chi connectivity index (χ2v) is 19.2. The molecule has 0 spiro atoms. The molecule has 1 aliphatic heterocycles. The van der Waals surface area contributed by atoms with Crippen LogP contribution < -0.4 is 14.2 Å². The quantitative estimate of drug-likeness (QED) is 0.0332. The summed E-state index contributed by atoms with van der Waals surface area (Å²) in [6, 6.07) is 30.3. The Kier molecular flexibility index (Phi) is 15.6. The van der Waals surface area contributed by atoms with E-state index in [2.05, 4.69) is 12.7 Å². The van der Waals surface area contributed by atoms with E-state index >= 15 is 4.79 Å². The predicted octanol–water partition coefficient (Wildman–Crippen LogP) is 11.6. The van der Waals surface area contributed by atoms with Gasteiger partial charge in [0.25, 0.3) is 5.69 Å². The summed E-state index contributed by atoms with van der Waals surface area (Å²) in [6.07, 6.45) is 7.41. The number of rotatable bonds is 20. The van der Waals surface area contributed by atoms with Gasteiger partial charge in [-0.25, -0.2) is 9.18 Å². The van der Waals surface area contributed by atoms with Crippen LogP contribution in [0.5, 0.6) is 17.2 Å². The van der Waals surface area contributed by atoms with Crippen LogP contribution in [0.15, 0.2) is 139 Å². The van der Waals surface area contributed by atoms with E-state index in [4.69, 9.17) is 28.9 Å². The van der Waals surface area contributed by atoms with Crippen molar-refractivity contribution in [1.29, 1.82) is 0 Å². The molecule has 14 heteroatoms. The highest BCUT2D eigenvalue weighted by molar-refractivity contribution is 6.03. The number of nitrogens with zero attached hydrogens (tertiary/aromatic N) is 3. The summed E-state index contributed by atoms with van der Waals surface area (Å²) < 4.78 is 42.1. The lowest BCUT2D eigenvalue weighted by molar-refractivity contribution is -0.384. The van der Waals surface area contributed by atoms with Crippen molar-refractivity contribution < 1.29 is 48.1 Å². The summed E-state index contributed by atoms with van der Waals surface area (Å²) in [5.41, 5.74) is 2.66. The maximum absolute atomic E-state index is 15.3. The Morgan fingerprint density at radius 2 is 1.63 bits per heavy atom. The number of oxime groups is 1. The molecule has 8 rings (SSSR count). The van der Waals surface area contributed by atoms with Gasteiger partial charge in [0.15, 0.2) is 0 Å². The summed E-state index contributed by atoms with van der Waals surface area (Å²) in [6.45, 7) is 9.94. The van der Waals surface area contributed by atoms with Gasteiger partial charge >= 0.3 is 6.09 Å². The first-order valence-corrected chi connectivity index (χ1v) is 24.2. The lowest BCUT2D eigenvalue weighted by atomic mass is 9.55. The van der Waals surface area contributed by atoms with Crippen molar-refractivity contribution in [2.24, 2.45) is 22.9 Å². The van der Waals surface area contributed by atoms with Gasteiger partial charge in [-0.15, -0.1) is 6.58 Å². The zero-order valence-electron chi connectivity index (χ0n) is 40.0. The molecule has 2 N–H and O–H groups in total. The van der Waals surface area contributed by atoms with Crippen molar-refractivity contribution in [3.8, 4) is 17.2 Å². The van der Waals surface area contributed by atoms with E-state index in [1.165, 1.54) is 30.3 Å². The molecule has 6 atom stereocenters. The van der Waals surface area contributed by atoms with Crippen LogP contribution in [0.3, 0.4) is 0 Å². The first-order chi connectivity index (χ1) is 33.8. The van der Waals surface area contributed by atoms with Gasteiger partial charge in [-0.2, -0.15) is 0 Å². The lowest BCUT2D eigenvalue weighted by Crippen LogP contribution is -2.70. The number of hydrogen-bond acceptors (Lipinski definition) is 11. The molecule has 5 aromatic rings. The van der Waals surface area contributed by atoms with Gasteiger partial charge in [-0.1, -0.05) is 90.8 Å². The maximum atomic E-state index is 15.3. The molecule has 0 saturated heterocycles. The molecule has 5 aromatic carbocycles. The molecule has 70 heavy (non-hydrogen) atoms. The summed E-state index contributed by atoms with van der Waals surface area (Å²) in [7, 11) is 0. The van der Waals surface area contributed by atoms with Crippen molar-refractivity contribution in [3.63, 3.8) is 0 Å². The topological polar surface area (TPSA) is 162 Å². The highest BCUT2D eigenvalue weighted by Crippen LogP contribution is 2.62. The first-order valence-electron chi connectivity index (χ1n) is 24.2. The van der Waals surface area contributed by atoms with E-state index in [0.29, 0.717) is 42.0 Å². The van der Waals surface area contributed by atoms with Gasteiger partial charge in [0.1, 0.15) is 41.3 Å². The van der Waals surface area contributed by atoms with E-state index in [0.717, 1.165) is 46.7 Å². The van der Waals surface area contributed by atoms with E-state index in [-0.39, 0.29) is 74.4 Å². The van der Waals surface area contributed by atoms with Crippen LogP contribution in [0.25, 0.3) is 10.8 Å². The second-order valence-electron chi connectivity index (χ2n) is 19.2. The van der Waals surface area contributed by atoms with E-state index < -0.39 is 34.4 Å². The van der Waals surface area contributed by atoms with Gasteiger partial charge in [0.2, 0.25) is 5.79 Å². The van der Waals surface area contributed by atoms with Crippen LogP contribution in [0.4, 0.5) is 14.9 Å². The molecule has 2 aliphatic carbocycles. The standard InChI is InChI=1S/C56H62FN3O10/c1-5-31-67-56-51(59(35-39-19-14-18-37-15-6-8-20-44(37)39)54(63)68-42-25-23-41(24-26-42)60(64)65)34-49(58-70-55(2,3)4)46-32-38(16-10-12-29-61)45(21-11-13-30-62)52(53(46)56)47-33-43(27-28-50(47)69-56)66-36-40-17-7-9-22-48(40)57/h5-9,14-15,17-20,22-28,32-33,38,45,51-53,61-62H,1,10-13,16,21,29-31,34-36H2,2-4H3/t38-,45+,51-,52+,53+,56+/m0/s1. The second kappa shape index (κ2) is 22.0. The molecule has 0 radical (unpaired) electrons. The molecular formula is C56H62FN3O10. The third-order valence-corrected chi connectivity index (χ3v) is 13.5. The average Bonchev–Trinajstić information content (AvgIpc) is 3.35. The Morgan fingerprint density at radius 3 is 2.36 bits per heavy atom. The molecule has 3 aliphatic rings. The average molecular weight is 956 g/mol. The van der Waals surface area contributed by atoms with E-state index in [9.17, 15) is 24.7 Å². The number of carbonyl (C=O) groups is 1. The molecule has 0 unspecified atom stereocenters. The SMILES string of the molecule is C=CCO[C@@]12Oc3ccc(OCc4ccccc4F)cc3[C@H]3[C@H](CCCCO)[C@@H](CCCCO)C=C(C(=NOC(C)(C)C)C[C@@H]1N(Cc1cccc4ccccc14)C(=O)Oc1ccc([N+](=O)[O-])cc1)[C@H]32. The Hall–Kier alpha value is -6.61. The number of carbonyl (C=O) groups excluding carboxylic acids is 1. The number of non-ortho nitro benzene ring substituents is 1. The van der Waals surface area contributed by atoms with E-state index in [1.54, 1.807) is 35.2 Å². The molecule has 1 fully saturated rings. The van der Waals surface area contributed by atoms with Gasteiger partial charge in [-0.3, -0.25) is 15.0 Å². The van der Waals surface area contributed by atoms with Crippen molar-refractivity contribution in [1.82, 2.24) is 4.90 Å². The molecule has 368 valence electrons. The number of aliphatic hydroxyl groups is 2. The van der Waals surface area contributed by atoms with Crippen LogP contribution in [0.2, 0.25) is 0 Å². The first kappa shape index (κ1) is 49.8. The number of allylic oxidation sites excluding steroid dienone is 1. The van der Waals surface area contributed by atoms with Crippen molar-refractivity contribution in [3.05, 3.63) is 166 Å². The Balaban J connectivity index is 1.36. The minimum atomic E-state index is -1.63. The lowest BCUT2D eigenvalue weighted by Gasteiger charge is -2.60. The summed E-state index contributed by atoms with van der Waals surface area (Å²) in [5, 5.41) is 38.5. The molecule has 1 heterocycles. The van der Waals surface area contributed by atoms with Gasteiger partial charge < -0.3 is 34.0 Å². The number of nitro benzene ring substituents is 1. The molecule has 0 aromatic heterocycles. The maximum Gasteiger partial charge on any atom is 0.416 e. The molecule has 0 bridgehead atoms. The smallest absolute Gasteiger partial charge is 0.416 e. The van der Waals surface area contributed by atoms with Crippen LogP contribution >= 0.6 is 0 Å². The van der Waals surface area contributed by atoms with Crippen molar-refractivity contribution in [2.45, 2.75) is 102 Å². The van der Waals surface area contributed by atoms with E-state index in [1.807, 2.05) is 75.4 Å². The number of halogens is 1. The van der Waals surface area contributed by atoms with Crippen LogP contribution in [0.1, 0.15) is 88.3 Å². The number of fused-ring (bicyclic) bond motifs is 3. The fourth-order valence-electron chi connectivity index (χ4n) is 10.4. The number of benzene rings is 5. The Labute approximate surface area is 408 Å². The van der Waals surface area contributed by atoms with Crippen LogP contribution in [-0.2, 0) is 22.7 Å². The normalized spacial score (nSPS) is 22.0. The number of aliphatic hydroxyl groups excluding tert-OH is 2. The summed E-state index contributed by atoms with van der Waals surface area (Å²) in [5.74, 6) is -1.98. The molecule has 1 saturated carbocycles. The minimum absolute atomic E-state index is 0.00924. The Bertz CT molecular complexity index is 2710. The number of unbranched alkanes of at least 4 members (excludes halogenated alkanes) is 2. The molecular weight excluding hydrogens is 894 g/mol. The summed E-state index contributed by atoms with van der Waals surface area (Å²) in [4.78, 5) is 34.4. The molecule has 13 nitrogen and oxygen atoms in total. The van der Waals surface area contributed by atoms with Gasteiger partial charge in [0, 0.05) is 48.8 Å². The highest BCUT2D eigenvalue weighted by Gasteiger charge is 2.66. The van der Waals surface area contributed by atoms with Crippen LogP contribution in [0, 0.1) is 33.7 Å². The predicted molar refractivity (Wildman–Crippen MR) is 265 cm³/mol. The third kappa shape index (κ3) is 10.9. The highest BCUT2D eigenvalue weighted by atomic mass is 19.1. The Morgan fingerprint density at radius 1 is 0.929 bits per heavy atom.